The summed E-state index contributed by atoms with van der Waals surface area (Å²) in [5, 5.41) is 8.18. The summed E-state index contributed by atoms with van der Waals surface area (Å²) in [7, 11) is 0. The van der Waals surface area contributed by atoms with Gasteiger partial charge in [-0.2, -0.15) is 0 Å². The molecule has 0 aromatic carbocycles. The van der Waals surface area contributed by atoms with Crippen LogP contribution in [-0.2, 0) is 4.79 Å². The maximum absolute atomic E-state index is 9.94. The van der Waals surface area contributed by atoms with Gasteiger partial charge in [-0.25, -0.2) is 0 Å². The molecule has 1 N–H and O–H groups in total. The Morgan fingerprint density at radius 2 is 2.10 bits per heavy atom. The second-order valence-corrected chi connectivity index (χ2v) is 1.73. The van der Waals surface area contributed by atoms with Crippen molar-refractivity contribution in [1.82, 2.24) is 0 Å². The molecule has 0 bridgehead atoms. The van der Waals surface area contributed by atoms with E-state index in [4.69, 9.17) is 12.0 Å². The predicted molar refractivity (Wildman–Crippen MR) is 39.4 cm³/mol. The Labute approximate surface area is 60.9 Å². The SMILES string of the molecule is [CH]C=CCC=CCC(=O)O. The Balaban J connectivity index is 3.29. The molecule has 0 aliphatic heterocycles. The van der Waals surface area contributed by atoms with Crippen molar-refractivity contribution < 1.29 is 9.90 Å². The molecule has 0 atom stereocenters. The molecule has 0 spiro atoms. The average molecular weight is 138 g/mol. The van der Waals surface area contributed by atoms with Crippen molar-refractivity contribution in [2.75, 3.05) is 0 Å². The van der Waals surface area contributed by atoms with Gasteiger partial charge >= 0.3 is 5.97 Å². The quantitative estimate of drug-likeness (QED) is 0.600. The summed E-state index contributed by atoms with van der Waals surface area (Å²) < 4.78 is 0. The minimum absolute atomic E-state index is 0.0818. The molecule has 0 amide bonds. The molecule has 0 fully saturated rings. The number of hydrogen-bond acceptors (Lipinski definition) is 1. The van der Waals surface area contributed by atoms with Crippen LogP contribution in [0, 0.1) is 6.92 Å². The van der Waals surface area contributed by atoms with Gasteiger partial charge in [-0.15, -0.1) is 0 Å². The van der Waals surface area contributed by atoms with Gasteiger partial charge in [-0.3, -0.25) is 4.79 Å². The third-order valence-electron chi connectivity index (χ3n) is 0.867. The zero-order valence-corrected chi connectivity index (χ0v) is 5.66. The number of rotatable bonds is 4. The highest BCUT2D eigenvalue weighted by Crippen LogP contribution is 1.88. The Hall–Kier alpha value is -1.05. The summed E-state index contributed by atoms with van der Waals surface area (Å²) in [6.45, 7) is 5.04. The van der Waals surface area contributed by atoms with Crippen molar-refractivity contribution in [2.45, 2.75) is 12.8 Å². The zero-order chi connectivity index (χ0) is 7.82. The summed E-state index contributed by atoms with van der Waals surface area (Å²) in [5.41, 5.74) is 0. The highest BCUT2D eigenvalue weighted by atomic mass is 16.4. The first kappa shape index (κ1) is 8.95. The normalized spacial score (nSPS) is 11.3. The van der Waals surface area contributed by atoms with E-state index < -0.39 is 5.97 Å². The number of aliphatic carboxylic acids is 1. The molecule has 0 aromatic rings. The van der Waals surface area contributed by atoms with Crippen LogP contribution in [0.5, 0.6) is 0 Å². The van der Waals surface area contributed by atoms with E-state index in [0.717, 1.165) is 0 Å². The summed E-state index contributed by atoms with van der Waals surface area (Å²) in [6.07, 6.45) is 7.32. The van der Waals surface area contributed by atoms with Crippen LogP contribution in [0.25, 0.3) is 0 Å². The smallest absolute Gasteiger partial charge is 0.307 e. The molecule has 2 radical (unpaired) electrons. The summed E-state index contributed by atoms with van der Waals surface area (Å²) >= 11 is 0. The van der Waals surface area contributed by atoms with Crippen LogP contribution in [-0.4, -0.2) is 11.1 Å². The Morgan fingerprint density at radius 3 is 2.60 bits per heavy atom. The van der Waals surface area contributed by atoms with E-state index in [1.54, 1.807) is 18.2 Å². The maximum Gasteiger partial charge on any atom is 0.307 e. The van der Waals surface area contributed by atoms with E-state index in [0.29, 0.717) is 6.42 Å². The van der Waals surface area contributed by atoms with Crippen LogP contribution < -0.4 is 0 Å². The molecular weight excluding hydrogens is 128 g/mol. The number of allylic oxidation sites excluding steroid dienone is 3. The average Bonchev–Trinajstić information content (AvgIpc) is 1.87. The predicted octanol–water partition coefficient (Wildman–Crippen LogP) is 1.67. The monoisotopic (exact) mass is 138 g/mol. The summed E-state index contributed by atoms with van der Waals surface area (Å²) in [4.78, 5) is 9.94. The van der Waals surface area contributed by atoms with Crippen molar-refractivity contribution >= 4 is 5.97 Å². The number of carboxylic acids is 1. The molecule has 2 nitrogen and oxygen atoms in total. The van der Waals surface area contributed by atoms with Gasteiger partial charge in [0.1, 0.15) is 0 Å². The van der Waals surface area contributed by atoms with E-state index in [2.05, 4.69) is 0 Å². The first-order valence-electron chi connectivity index (χ1n) is 3.01. The molecule has 0 aromatic heterocycles. The van der Waals surface area contributed by atoms with Crippen molar-refractivity contribution in [3.63, 3.8) is 0 Å². The van der Waals surface area contributed by atoms with Crippen LogP contribution in [0.15, 0.2) is 24.3 Å². The van der Waals surface area contributed by atoms with E-state index >= 15 is 0 Å². The number of carbonyl (C=O) groups is 1. The first-order chi connectivity index (χ1) is 4.77. The molecule has 0 rings (SSSR count). The molecule has 0 unspecified atom stereocenters. The van der Waals surface area contributed by atoms with Gasteiger partial charge in [0.15, 0.2) is 0 Å². The molecule has 0 aliphatic carbocycles. The third-order valence-corrected chi connectivity index (χ3v) is 0.867. The van der Waals surface area contributed by atoms with Crippen LogP contribution in [0.3, 0.4) is 0 Å². The van der Waals surface area contributed by atoms with Crippen molar-refractivity contribution in [2.24, 2.45) is 0 Å². The fourth-order valence-corrected chi connectivity index (χ4v) is 0.438. The standard InChI is InChI=1S/C8H10O2/c1-2-3-4-5-6-7-8(9)10/h1-3,5-6H,4,7H2,(H,9,10). The Kier molecular flexibility index (Phi) is 5.44. The lowest BCUT2D eigenvalue weighted by molar-refractivity contribution is -0.136. The van der Waals surface area contributed by atoms with Crippen molar-refractivity contribution in [3.05, 3.63) is 31.2 Å². The summed E-state index contributed by atoms with van der Waals surface area (Å²) in [5.74, 6) is -0.812. The molecule has 54 valence electrons. The van der Waals surface area contributed by atoms with E-state index in [-0.39, 0.29) is 6.42 Å². The van der Waals surface area contributed by atoms with Crippen LogP contribution >= 0.6 is 0 Å². The molecule has 0 heterocycles. The molecule has 0 saturated carbocycles. The molecular formula is C8H10O2. The van der Waals surface area contributed by atoms with Gasteiger partial charge in [0.2, 0.25) is 0 Å². The van der Waals surface area contributed by atoms with Gasteiger partial charge in [0.25, 0.3) is 0 Å². The van der Waals surface area contributed by atoms with Gasteiger partial charge in [0, 0.05) is 0 Å². The van der Waals surface area contributed by atoms with Gasteiger partial charge < -0.3 is 5.11 Å². The lowest BCUT2D eigenvalue weighted by atomic mass is 10.3. The number of hydrogen-bond donors (Lipinski definition) is 1. The largest absolute Gasteiger partial charge is 0.481 e. The topological polar surface area (TPSA) is 37.3 Å². The second-order valence-electron chi connectivity index (χ2n) is 1.73. The van der Waals surface area contributed by atoms with E-state index in [1.165, 1.54) is 6.08 Å². The Morgan fingerprint density at radius 1 is 1.40 bits per heavy atom. The lowest BCUT2D eigenvalue weighted by Gasteiger charge is -1.81. The highest BCUT2D eigenvalue weighted by molar-refractivity contribution is 5.68. The molecule has 2 heteroatoms. The van der Waals surface area contributed by atoms with Crippen LogP contribution in [0.2, 0.25) is 0 Å². The van der Waals surface area contributed by atoms with E-state index in [9.17, 15) is 4.79 Å². The Bertz CT molecular complexity index is 145. The maximum atomic E-state index is 9.94. The first-order valence-corrected chi connectivity index (χ1v) is 3.01. The van der Waals surface area contributed by atoms with Crippen molar-refractivity contribution in [1.29, 1.82) is 0 Å². The molecule has 0 aliphatic rings. The third kappa shape index (κ3) is 6.95. The zero-order valence-electron chi connectivity index (χ0n) is 5.66. The summed E-state index contributed by atoms with van der Waals surface area (Å²) in [6, 6.07) is 0. The fourth-order valence-electron chi connectivity index (χ4n) is 0.438. The minimum Gasteiger partial charge on any atom is -0.481 e. The molecule has 10 heavy (non-hydrogen) atoms. The van der Waals surface area contributed by atoms with Crippen LogP contribution in [0.1, 0.15) is 12.8 Å². The molecule has 0 saturated heterocycles. The highest BCUT2D eigenvalue weighted by Gasteiger charge is 1.86. The van der Waals surface area contributed by atoms with Crippen molar-refractivity contribution in [3.8, 4) is 0 Å². The van der Waals surface area contributed by atoms with E-state index in [1.807, 2.05) is 0 Å². The van der Waals surface area contributed by atoms with Gasteiger partial charge in [-0.05, 0) is 13.3 Å². The second kappa shape index (κ2) is 6.08. The van der Waals surface area contributed by atoms with Gasteiger partial charge in [-0.1, -0.05) is 24.3 Å². The van der Waals surface area contributed by atoms with Crippen LogP contribution in [0.4, 0.5) is 0 Å². The fraction of sp³-hybridized carbons (Fsp3) is 0.250. The van der Waals surface area contributed by atoms with Gasteiger partial charge in [0.05, 0.1) is 6.42 Å². The minimum atomic E-state index is -0.812. The number of carboxylic acid groups (broad SMARTS) is 1. The lowest BCUT2D eigenvalue weighted by Crippen LogP contribution is -1.89.